The smallest absolute Gasteiger partial charge is 0.422 e. The van der Waals surface area contributed by atoms with Crippen LogP contribution in [0.15, 0.2) is 18.2 Å². The zero-order chi connectivity index (χ0) is 11.5. The van der Waals surface area contributed by atoms with Gasteiger partial charge in [0.25, 0.3) is 0 Å². The van der Waals surface area contributed by atoms with E-state index >= 15 is 0 Å². The van der Waals surface area contributed by atoms with E-state index in [0.29, 0.717) is 5.75 Å². The molecule has 15 heavy (non-hydrogen) atoms. The summed E-state index contributed by atoms with van der Waals surface area (Å²) >= 11 is 0. The highest BCUT2D eigenvalue weighted by Gasteiger charge is 2.28. The number of methoxy groups -OCH3 is 1. The molecule has 0 unspecified atom stereocenters. The first-order chi connectivity index (χ1) is 6.92. The summed E-state index contributed by atoms with van der Waals surface area (Å²) in [6.45, 7) is -1.37. The van der Waals surface area contributed by atoms with Crippen LogP contribution in [0.1, 0.15) is 0 Å². The lowest BCUT2D eigenvalue weighted by Crippen LogP contribution is -2.19. The first kappa shape index (κ1) is 11.5. The van der Waals surface area contributed by atoms with Gasteiger partial charge >= 0.3 is 6.18 Å². The molecule has 84 valence electrons. The Balaban J connectivity index is 2.75. The second-order valence-corrected chi connectivity index (χ2v) is 2.81. The van der Waals surface area contributed by atoms with Crippen LogP contribution in [0.4, 0.5) is 18.9 Å². The molecule has 0 saturated carbocycles. The van der Waals surface area contributed by atoms with Crippen molar-refractivity contribution in [3.63, 3.8) is 0 Å². The molecule has 1 rings (SSSR count). The molecular formula is C9H10F3NO2. The summed E-state index contributed by atoms with van der Waals surface area (Å²) in [5.41, 5.74) is 5.56. The fourth-order valence-electron chi connectivity index (χ4n) is 0.926. The molecule has 3 nitrogen and oxygen atoms in total. The van der Waals surface area contributed by atoms with Crippen molar-refractivity contribution in [1.29, 1.82) is 0 Å². The van der Waals surface area contributed by atoms with Crippen LogP contribution >= 0.6 is 0 Å². The molecule has 0 saturated heterocycles. The molecule has 0 aliphatic heterocycles. The topological polar surface area (TPSA) is 44.5 Å². The van der Waals surface area contributed by atoms with Crippen molar-refractivity contribution >= 4 is 5.69 Å². The third kappa shape index (κ3) is 3.57. The predicted octanol–water partition coefficient (Wildman–Crippen LogP) is 2.22. The SMILES string of the molecule is COc1ccc(N)c(OCC(F)(F)F)c1. The highest BCUT2D eigenvalue weighted by molar-refractivity contribution is 5.55. The van der Waals surface area contributed by atoms with E-state index in [0.717, 1.165) is 0 Å². The summed E-state index contributed by atoms with van der Waals surface area (Å²) in [5, 5.41) is 0. The van der Waals surface area contributed by atoms with E-state index in [2.05, 4.69) is 4.74 Å². The van der Waals surface area contributed by atoms with Crippen molar-refractivity contribution in [2.24, 2.45) is 0 Å². The zero-order valence-electron chi connectivity index (χ0n) is 7.97. The van der Waals surface area contributed by atoms with Gasteiger partial charge in [0.05, 0.1) is 12.8 Å². The van der Waals surface area contributed by atoms with Gasteiger partial charge in [-0.3, -0.25) is 0 Å². The molecule has 0 radical (unpaired) electrons. The van der Waals surface area contributed by atoms with Crippen molar-refractivity contribution in [1.82, 2.24) is 0 Å². The van der Waals surface area contributed by atoms with Crippen molar-refractivity contribution in [3.8, 4) is 11.5 Å². The average molecular weight is 221 g/mol. The molecule has 0 amide bonds. The summed E-state index contributed by atoms with van der Waals surface area (Å²) < 4.78 is 44.9. The van der Waals surface area contributed by atoms with E-state index in [1.165, 1.54) is 25.3 Å². The molecule has 0 heterocycles. The van der Waals surface area contributed by atoms with Crippen LogP contribution in [0.2, 0.25) is 0 Å². The van der Waals surface area contributed by atoms with Gasteiger partial charge in [-0.05, 0) is 12.1 Å². The van der Waals surface area contributed by atoms with Crippen LogP contribution in [-0.2, 0) is 0 Å². The van der Waals surface area contributed by atoms with Gasteiger partial charge in [0.15, 0.2) is 6.61 Å². The van der Waals surface area contributed by atoms with E-state index in [4.69, 9.17) is 10.5 Å². The summed E-state index contributed by atoms with van der Waals surface area (Å²) in [6, 6.07) is 4.27. The summed E-state index contributed by atoms with van der Waals surface area (Å²) in [7, 11) is 1.40. The maximum atomic E-state index is 11.9. The number of alkyl halides is 3. The van der Waals surface area contributed by atoms with Gasteiger partial charge in [0.1, 0.15) is 11.5 Å². The summed E-state index contributed by atoms with van der Waals surface area (Å²) in [6.07, 6.45) is -4.38. The van der Waals surface area contributed by atoms with Crippen LogP contribution in [0.5, 0.6) is 11.5 Å². The minimum Gasteiger partial charge on any atom is -0.497 e. The van der Waals surface area contributed by atoms with Gasteiger partial charge in [-0.25, -0.2) is 0 Å². The molecule has 1 aromatic carbocycles. The van der Waals surface area contributed by atoms with Gasteiger partial charge in [-0.15, -0.1) is 0 Å². The molecule has 6 heteroatoms. The number of anilines is 1. The van der Waals surface area contributed by atoms with Gasteiger partial charge in [0.2, 0.25) is 0 Å². The zero-order valence-corrected chi connectivity index (χ0v) is 7.97. The van der Waals surface area contributed by atoms with Crippen molar-refractivity contribution < 1.29 is 22.6 Å². The third-order valence-electron chi connectivity index (χ3n) is 1.61. The van der Waals surface area contributed by atoms with Crippen LogP contribution in [-0.4, -0.2) is 19.9 Å². The number of ether oxygens (including phenoxy) is 2. The third-order valence-corrected chi connectivity index (χ3v) is 1.61. The van der Waals surface area contributed by atoms with Crippen molar-refractivity contribution in [2.45, 2.75) is 6.18 Å². The Labute approximate surface area is 84.6 Å². The largest absolute Gasteiger partial charge is 0.497 e. The van der Waals surface area contributed by atoms with Crippen molar-refractivity contribution in [3.05, 3.63) is 18.2 Å². The van der Waals surface area contributed by atoms with Gasteiger partial charge in [-0.1, -0.05) is 0 Å². The van der Waals surface area contributed by atoms with E-state index in [1.807, 2.05) is 0 Å². The Morgan fingerprint density at radius 1 is 1.33 bits per heavy atom. The van der Waals surface area contributed by atoms with Crippen molar-refractivity contribution in [2.75, 3.05) is 19.5 Å². The van der Waals surface area contributed by atoms with Gasteiger partial charge in [-0.2, -0.15) is 13.2 Å². The molecule has 0 aromatic heterocycles. The Morgan fingerprint density at radius 3 is 2.53 bits per heavy atom. The highest BCUT2D eigenvalue weighted by atomic mass is 19.4. The minimum absolute atomic E-state index is 0.0355. The van der Waals surface area contributed by atoms with Gasteiger partial charge in [0, 0.05) is 6.07 Å². The molecule has 0 spiro atoms. The molecule has 0 atom stereocenters. The standard InChI is InChI=1S/C9H10F3NO2/c1-14-6-2-3-7(13)8(4-6)15-5-9(10,11)12/h2-4H,5,13H2,1H3. The lowest BCUT2D eigenvalue weighted by molar-refractivity contribution is -0.153. The average Bonchev–Trinajstić information content (AvgIpc) is 2.15. The second-order valence-electron chi connectivity index (χ2n) is 2.81. The maximum absolute atomic E-state index is 11.9. The van der Waals surface area contributed by atoms with E-state index in [9.17, 15) is 13.2 Å². The number of rotatable bonds is 3. The molecular weight excluding hydrogens is 211 g/mol. The minimum atomic E-state index is -4.38. The Hall–Kier alpha value is -1.59. The first-order valence-electron chi connectivity index (χ1n) is 4.05. The number of benzene rings is 1. The fourth-order valence-corrected chi connectivity index (χ4v) is 0.926. The number of nitrogen functional groups attached to an aromatic ring is 1. The molecule has 0 aliphatic rings. The lowest BCUT2D eigenvalue weighted by Gasteiger charge is -2.11. The van der Waals surface area contributed by atoms with E-state index < -0.39 is 12.8 Å². The first-order valence-corrected chi connectivity index (χ1v) is 4.05. The fraction of sp³-hybridized carbons (Fsp3) is 0.333. The molecule has 1 aromatic rings. The van der Waals surface area contributed by atoms with Crippen LogP contribution in [0.25, 0.3) is 0 Å². The quantitative estimate of drug-likeness (QED) is 0.796. The van der Waals surface area contributed by atoms with Gasteiger partial charge < -0.3 is 15.2 Å². The van der Waals surface area contributed by atoms with Crippen LogP contribution < -0.4 is 15.2 Å². The van der Waals surface area contributed by atoms with E-state index in [1.54, 1.807) is 0 Å². The molecule has 0 fully saturated rings. The summed E-state index contributed by atoms with van der Waals surface area (Å²) in [4.78, 5) is 0. The second kappa shape index (κ2) is 4.29. The Morgan fingerprint density at radius 2 is 2.00 bits per heavy atom. The molecule has 0 bridgehead atoms. The van der Waals surface area contributed by atoms with Crippen LogP contribution in [0, 0.1) is 0 Å². The highest BCUT2D eigenvalue weighted by Crippen LogP contribution is 2.28. The maximum Gasteiger partial charge on any atom is 0.422 e. The predicted molar refractivity (Wildman–Crippen MR) is 49.0 cm³/mol. The normalized spacial score (nSPS) is 11.2. The number of halogens is 3. The molecule has 0 aliphatic carbocycles. The number of hydrogen-bond donors (Lipinski definition) is 1. The van der Waals surface area contributed by atoms with Crippen LogP contribution in [0.3, 0.4) is 0 Å². The van der Waals surface area contributed by atoms with E-state index in [-0.39, 0.29) is 11.4 Å². The Bertz CT molecular complexity index is 339. The lowest BCUT2D eigenvalue weighted by atomic mass is 10.3. The summed E-state index contributed by atoms with van der Waals surface area (Å²) in [5.74, 6) is 0.355. The number of hydrogen-bond acceptors (Lipinski definition) is 3. The monoisotopic (exact) mass is 221 g/mol. The molecule has 2 N–H and O–H groups in total. The number of nitrogens with two attached hydrogens (primary N) is 1. The Kier molecular flexibility index (Phi) is 3.28.